The number of benzene rings is 4. The van der Waals surface area contributed by atoms with Crippen LogP contribution < -0.4 is 14.9 Å². The van der Waals surface area contributed by atoms with E-state index in [0.717, 1.165) is 16.8 Å². The summed E-state index contributed by atoms with van der Waals surface area (Å²) in [5, 5.41) is 0.784. The quantitative estimate of drug-likeness (QED) is 0.165. The van der Waals surface area contributed by atoms with E-state index in [0.29, 0.717) is 42.7 Å². The van der Waals surface area contributed by atoms with Gasteiger partial charge in [0.1, 0.15) is 5.75 Å². The first-order valence-corrected chi connectivity index (χ1v) is 14.6. The molecule has 0 radical (unpaired) electrons. The SMILES string of the molecule is O=c1c2ccccc2[nH]c2cc(N3CCOCC3)cc(OP(=O)(OCc3ccccc3)OCc3ccccc3)c12. The third kappa shape index (κ3) is 5.81. The van der Waals surface area contributed by atoms with E-state index in [2.05, 4.69) is 9.88 Å². The minimum absolute atomic E-state index is 0.00722. The second kappa shape index (κ2) is 11.7. The number of H-pyrrole nitrogens is 1. The fourth-order valence-electron chi connectivity index (χ4n) is 4.75. The van der Waals surface area contributed by atoms with E-state index in [-0.39, 0.29) is 29.8 Å². The molecule has 1 aliphatic rings. The van der Waals surface area contributed by atoms with Gasteiger partial charge < -0.3 is 19.1 Å². The van der Waals surface area contributed by atoms with E-state index in [1.807, 2.05) is 84.9 Å². The van der Waals surface area contributed by atoms with Crippen LogP contribution in [0.2, 0.25) is 0 Å². The molecule has 6 rings (SSSR count). The first-order valence-electron chi connectivity index (χ1n) is 13.2. The Morgan fingerprint density at radius 3 is 2.02 bits per heavy atom. The van der Waals surface area contributed by atoms with E-state index >= 15 is 0 Å². The fraction of sp³-hybridized carbons (Fsp3) is 0.194. The molecule has 204 valence electrons. The third-order valence-corrected chi connectivity index (χ3v) is 8.12. The van der Waals surface area contributed by atoms with Gasteiger partial charge in [0.25, 0.3) is 0 Å². The van der Waals surface area contributed by atoms with Gasteiger partial charge in [-0.3, -0.25) is 13.8 Å². The van der Waals surface area contributed by atoms with Gasteiger partial charge in [-0.15, -0.1) is 0 Å². The van der Waals surface area contributed by atoms with Crippen molar-refractivity contribution in [2.45, 2.75) is 13.2 Å². The number of pyridine rings is 1. The van der Waals surface area contributed by atoms with E-state index in [1.165, 1.54) is 0 Å². The van der Waals surface area contributed by atoms with Crippen LogP contribution in [0.4, 0.5) is 5.69 Å². The van der Waals surface area contributed by atoms with Gasteiger partial charge in [-0.1, -0.05) is 72.8 Å². The van der Waals surface area contributed by atoms with Crippen molar-refractivity contribution < 1.29 is 22.9 Å². The van der Waals surface area contributed by atoms with Crippen molar-refractivity contribution in [3.8, 4) is 5.75 Å². The van der Waals surface area contributed by atoms with Gasteiger partial charge in [0.15, 0.2) is 0 Å². The highest BCUT2D eigenvalue weighted by atomic mass is 31.2. The van der Waals surface area contributed by atoms with Crippen LogP contribution in [0.3, 0.4) is 0 Å². The Bertz CT molecular complexity index is 1670. The van der Waals surface area contributed by atoms with Gasteiger partial charge in [-0.2, -0.15) is 0 Å². The molecule has 40 heavy (non-hydrogen) atoms. The molecule has 5 aromatic rings. The first kappa shape index (κ1) is 26.3. The lowest BCUT2D eigenvalue weighted by Gasteiger charge is -2.29. The number of hydrogen-bond donors (Lipinski definition) is 1. The average molecular weight is 557 g/mol. The lowest BCUT2D eigenvalue weighted by molar-refractivity contribution is 0.122. The first-order chi connectivity index (χ1) is 19.6. The highest BCUT2D eigenvalue weighted by Gasteiger charge is 2.31. The smallest absolute Gasteiger partial charge is 0.403 e. The number of morpholine rings is 1. The van der Waals surface area contributed by atoms with Crippen LogP contribution in [0.1, 0.15) is 11.1 Å². The van der Waals surface area contributed by atoms with Gasteiger partial charge >= 0.3 is 7.82 Å². The predicted molar refractivity (Wildman–Crippen MR) is 156 cm³/mol. The van der Waals surface area contributed by atoms with Crippen molar-refractivity contribution >= 4 is 35.3 Å². The van der Waals surface area contributed by atoms with Gasteiger partial charge in [-0.05, 0) is 29.3 Å². The molecule has 0 bridgehead atoms. The maximum Gasteiger partial charge on any atom is 0.530 e. The second-order valence-corrected chi connectivity index (χ2v) is 11.1. The number of nitrogens with one attached hydrogen (secondary N) is 1. The number of phosphoric acid groups is 1. The Kier molecular flexibility index (Phi) is 7.66. The zero-order chi connectivity index (χ0) is 27.4. The van der Waals surface area contributed by atoms with Crippen LogP contribution in [0.5, 0.6) is 5.75 Å². The van der Waals surface area contributed by atoms with Crippen LogP contribution in [-0.4, -0.2) is 31.3 Å². The Morgan fingerprint density at radius 2 is 1.38 bits per heavy atom. The number of phosphoric ester groups is 1. The number of anilines is 1. The molecule has 1 fully saturated rings. The number of rotatable bonds is 9. The van der Waals surface area contributed by atoms with Crippen molar-refractivity contribution in [1.82, 2.24) is 4.98 Å². The van der Waals surface area contributed by atoms with E-state index in [9.17, 15) is 9.36 Å². The van der Waals surface area contributed by atoms with Crippen molar-refractivity contribution in [1.29, 1.82) is 0 Å². The molecule has 0 saturated carbocycles. The molecule has 9 heteroatoms. The summed E-state index contributed by atoms with van der Waals surface area (Å²) in [4.78, 5) is 19.2. The van der Waals surface area contributed by atoms with E-state index in [1.54, 1.807) is 12.1 Å². The predicted octanol–water partition coefficient (Wildman–Crippen LogP) is 6.44. The van der Waals surface area contributed by atoms with Crippen molar-refractivity contribution in [2.75, 3.05) is 31.2 Å². The molecular formula is C31H29N2O6P. The molecule has 1 saturated heterocycles. The second-order valence-electron chi connectivity index (χ2n) is 9.52. The topological polar surface area (TPSA) is 90.1 Å². The molecule has 0 amide bonds. The minimum atomic E-state index is -4.21. The third-order valence-electron chi connectivity index (χ3n) is 6.81. The van der Waals surface area contributed by atoms with Crippen LogP contribution >= 0.6 is 7.82 Å². The summed E-state index contributed by atoms with van der Waals surface area (Å²) in [7, 11) is -4.21. The fourth-order valence-corrected chi connectivity index (χ4v) is 5.93. The van der Waals surface area contributed by atoms with Gasteiger partial charge in [-0.25, -0.2) is 4.57 Å². The summed E-state index contributed by atoms with van der Waals surface area (Å²) in [6, 6.07) is 29.7. The van der Waals surface area contributed by atoms with Crippen molar-refractivity contribution in [3.05, 3.63) is 118 Å². The van der Waals surface area contributed by atoms with E-state index < -0.39 is 7.82 Å². The average Bonchev–Trinajstić information content (AvgIpc) is 3.00. The summed E-state index contributed by atoms with van der Waals surface area (Å²) < 4.78 is 37.6. The number of nitrogens with zero attached hydrogens (tertiary/aromatic N) is 1. The summed E-state index contributed by atoms with van der Waals surface area (Å²) in [6.45, 7) is 2.54. The largest absolute Gasteiger partial charge is 0.530 e. The zero-order valence-corrected chi connectivity index (χ0v) is 22.7. The Balaban J connectivity index is 1.43. The monoisotopic (exact) mass is 556 g/mol. The van der Waals surface area contributed by atoms with Gasteiger partial charge in [0, 0.05) is 35.7 Å². The van der Waals surface area contributed by atoms with Crippen molar-refractivity contribution in [3.63, 3.8) is 0 Å². The number of ether oxygens (including phenoxy) is 1. The highest BCUT2D eigenvalue weighted by Crippen LogP contribution is 2.52. The molecule has 8 nitrogen and oxygen atoms in total. The summed E-state index contributed by atoms with van der Waals surface area (Å²) in [5.74, 6) is 0.135. The lowest BCUT2D eigenvalue weighted by Crippen LogP contribution is -2.36. The normalized spacial score (nSPS) is 14.1. The summed E-state index contributed by atoms with van der Waals surface area (Å²) in [6.07, 6.45) is 0. The van der Waals surface area contributed by atoms with Crippen LogP contribution in [0.25, 0.3) is 21.8 Å². The number of fused-ring (bicyclic) bond motifs is 2. The Labute approximate surface area is 231 Å². The summed E-state index contributed by atoms with van der Waals surface area (Å²) in [5.41, 5.74) is 3.48. The van der Waals surface area contributed by atoms with Gasteiger partial charge in [0.05, 0.1) is 37.3 Å². The summed E-state index contributed by atoms with van der Waals surface area (Å²) >= 11 is 0. The number of aromatic nitrogens is 1. The molecule has 0 aliphatic carbocycles. The molecule has 0 unspecified atom stereocenters. The molecule has 1 aliphatic heterocycles. The lowest BCUT2D eigenvalue weighted by atomic mass is 10.1. The minimum Gasteiger partial charge on any atom is -0.403 e. The molecule has 4 aromatic carbocycles. The Hall–Kier alpha value is -3.94. The molecule has 0 spiro atoms. The van der Waals surface area contributed by atoms with Crippen LogP contribution in [0, 0.1) is 0 Å². The zero-order valence-electron chi connectivity index (χ0n) is 21.8. The van der Waals surface area contributed by atoms with Crippen molar-refractivity contribution in [2.24, 2.45) is 0 Å². The van der Waals surface area contributed by atoms with Gasteiger partial charge in [0.2, 0.25) is 5.43 Å². The maximum atomic E-state index is 14.2. The Morgan fingerprint density at radius 1 is 0.775 bits per heavy atom. The molecule has 0 atom stereocenters. The molecule has 2 heterocycles. The number of aromatic amines is 1. The van der Waals surface area contributed by atoms with Crippen LogP contribution in [0.15, 0.2) is 102 Å². The molecule has 1 aromatic heterocycles. The van der Waals surface area contributed by atoms with E-state index in [4.69, 9.17) is 18.3 Å². The maximum absolute atomic E-state index is 14.2. The number of para-hydroxylation sites is 1. The van der Waals surface area contributed by atoms with Crippen LogP contribution in [-0.2, 0) is 31.6 Å². The molecule has 1 N–H and O–H groups in total. The standard InChI is InChI=1S/C31H29N2O6P/c34-31-26-13-7-8-14-27(26)32-28-19-25(33-15-17-36-18-16-33)20-29(30(28)31)39-40(35,37-21-23-9-3-1-4-10-23)38-22-24-11-5-2-6-12-24/h1-14,19-20H,15-18,21-22H2,(H,32,34). The molecular weight excluding hydrogens is 527 g/mol. The highest BCUT2D eigenvalue weighted by molar-refractivity contribution is 7.48. The number of hydrogen-bond acceptors (Lipinski definition) is 7.